The summed E-state index contributed by atoms with van der Waals surface area (Å²) >= 11 is -3.36. The van der Waals surface area contributed by atoms with Crippen molar-refractivity contribution in [2.24, 2.45) is 0 Å². The van der Waals surface area contributed by atoms with Gasteiger partial charge in [0.2, 0.25) is 0 Å². The SMILES string of the molecule is [CH3][Sn]1([CH3])[CH2]CC[O][Sn]1([CH3])[CH3]. The van der Waals surface area contributed by atoms with Gasteiger partial charge < -0.3 is 0 Å². The van der Waals surface area contributed by atoms with Crippen LogP contribution in [0.15, 0.2) is 0 Å². The molecule has 0 N–H and O–H groups in total. The van der Waals surface area contributed by atoms with E-state index in [-0.39, 0.29) is 0 Å². The van der Waals surface area contributed by atoms with E-state index >= 15 is 0 Å². The molecule has 0 bridgehead atoms. The van der Waals surface area contributed by atoms with Crippen LogP contribution in [0.5, 0.6) is 0 Å². The van der Waals surface area contributed by atoms with E-state index in [0.717, 1.165) is 6.61 Å². The van der Waals surface area contributed by atoms with Crippen LogP contribution in [0.3, 0.4) is 0 Å². The van der Waals surface area contributed by atoms with Crippen LogP contribution >= 0.6 is 0 Å². The minimum absolute atomic E-state index is 1.09. The van der Waals surface area contributed by atoms with Gasteiger partial charge in [-0.15, -0.1) is 0 Å². The number of hydrogen-bond acceptors (Lipinski definition) is 1. The fraction of sp³-hybridized carbons (Fsp3) is 1.00. The van der Waals surface area contributed by atoms with Gasteiger partial charge in [-0.05, 0) is 0 Å². The van der Waals surface area contributed by atoms with Crippen LogP contribution in [0.2, 0.25) is 24.2 Å². The van der Waals surface area contributed by atoms with Crippen LogP contribution in [0, 0.1) is 0 Å². The standard InChI is InChI=1S/C3H6O.4CH3.2Sn/c1-2-3-4;;;;;;/h1-3H2;4*1H3;;/q-1;;;;;;+1. The molecule has 0 unspecified atom stereocenters. The Morgan fingerprint density at radius 1 is 1.10 bits per heavy atom. The van der Waals surface area contributed by atoms with E-state index in [0.29, 0.717) is 0 Å². The summed E-state index contributed by atoms with van der Waals surface area (Å²) in [5.41, 5.74) is 0. The van der Waals surface area contributed by atoms with E-state index in [1.165, 1.54) is 6.42 Å². The van der Waals surface area contributed by atoms with Gasteiger partial charge in [0.05, 0.1) is 0 Å². The molecule has 1 saturated heterocycles. The summed E-state index contributed by atoms with van der Waals surface area (Å²) in [7, 11) is 0. The Morgan fingerprint density at radius 2 is 1.70 bits per heavy atom. The van der Waals surface area contributed by atoms with E-state index in [1.807, 2.05) is 0 Å². The fourth-order valence-electron chi connectivity index (χ4n) is 1.34. The average Bonchev–Trinajstić information content (AvgIpc) is 1.77. The molecule has 0 amide bonds. The molecule has 0 saturated carbocycles. The molecule has 1 fully saturated rings. The first-order chi connectivity index (χ1) is 4.46. The third-order valence-electron chi connectivity index (χ3n) is 3.04. The molecule has 3 heteroatoms. The zero-order chi connectivity index (χ0) is 7.83. The predicted molar refractivity (Wildman–Crippen MR) is 50.3 cm³/mol. The van der Waals surface area contributed by atoms with Gasteiger partial charge in [-0.1, -0.05) is 0 Å². The van der Waals surface area contributed by atoms with Gasteiger partial charge in [0.25, 0.3) is 0 Å². The van der Waals surface area contributed by atoms with E-state index in [9.17, 15) is 0 Å². The van der Waals surface area contributed by atoms with E-state index in [4.69, 9.17) is 3.07 Å². The van der Waals surface area contributed by atoms with E-state index in [1.54, 1.807) is 4.44 Å². The van der Waals surface area contributed by atoms with Crippen LogP contribution < -0.4 is 0 Å². The maximum absolute atomic E-state index is 5.98. The van der Waals surface area contributed by atoms with Crippen molar-refractivity contribution >= 4 is 29.3 Å². The number of hydrogen-bond donors (Lipinski definition) is 0. The van der Waals surface area contributed by atoms with E-state index in [2.05, 4.69) is 19.8 Å². The Morgan fingerprint density at radius 3 is 2.00 bits per heavy atom. The third-order valence-corrected chi connectivity index (χ3v) is 89.5. The molecule has 1 aliphatic rings. The predicted octanol–water partition coefficient (Wildman–Crippen LogP) is 2.40. The van der Waals surface area contributed by atoms with Gasteiger partial charge in [0, 0.05) is 0 Å². The van der Waals surface area contributed by atoms with Crippen molar-refractivity contribution in [3.63, 3.8) is 0 Å². The first-order valence-corrected chi connectivity index (χ1v) is 29.7. The van der Waals surface area contributed by atoms with Crippen molar-refractivity contribution < 1.29 is 3.07 Å². The second-order valence-electron chi connectivity index (χ2n) is 4.35. The van der Waals surface area contributed by atoms with Crippen molar-refractivity contribution in [1.82, 2.24) is 0 Å². The van der Waals surface area contributed by atoms with Crippen LogP contribution in [-0.4, -0.2) is 35.9 Å². The zero-order valence-electron chi connectivity index (χ0n) is 7.53. The summed E-state index contributed by atoms with van der Waals surface area (Å²) in [5, 5.41) is 0. The van der Waals surface area contributed by atoms with Gasteiger partial charge in [-0.2, -0.15) is 0 Å². The zero-order valence-corrected chi connectivity index (χ0v) is 13.2. The second-order valence-corrected chi connectivity index (χ2v) is 74.9. The molecule has 0 aromatic heterocycles. The minimum atomic E-state index is -1.82. The van der Waals surface area contributed by atoms with E-state index < -0.39 is 29.3 Å². The molecular formula is C7H18OSn2. The van der Waals surface area contributed by atoms with Crippen LogP contribution in [0.1, 0.15) is 6.42 Å². The van der Waals surface area contributed by atoms with Crippen LogP contribution in [0.4, 0.5) is 0 Å². The van der Waals surface area contributed by atoms with Gasteiger partial charge in [0.1, 0.15) is 0 Å². The summed E-state index contributed by atoms with van der Waals surface area (Å²) < 4.78 is 7.58. The Labute approximate surface area is 68.9 Å². The van der Waals surface area contributed by atoms with Crippen LogP contribution in [-0.2, 0) is 3.07 Å². The third kappa shape index (κ3) is 1.83. The normalized spacial score (nSPS) is 30.0. The maximum atomic E-state index is 5.98. The van der Waals surface area contributed by atoms with Gasteiger partial charge in [-0.25, -0.2) is 0 Å². The van der Waals surface area contributed by atoms with Crippen molar-refractivity contribution in [2.45, 2.75) is 30.6 Å². The monoisotopic (exact) mass is 358 g/mol. The van der Waals surface area contributed by atoms with Gasteiger partial charge in [-0.3, -0.25) is 0 Å². The Hall–Kier alpha value is 1.56. The molecule has 0 atom stereocenters. The van der Waals surface area contributed by atoms with Crippen LogP contribution in [0.25, 0.3) is 0 Å². The molecule has 0 aromatic rings. The summed E-state index contributed by atoms with van der Waals surface area (Å²) in [6.07, 6.45) is 1.36. The Kier molecular flexibility index (Phi) is 3.02. The van der Waals surface area contributed by atoms with Gasteiger partial charge >= 0.3 is 69.6 Å². The van der Waals surface area contributed by atoms with Crippen molar-refractivity contribution in [2.75, 3.05) is 6.61 Å². The van der Waals surface area contributed by atoms with Crippen molar-refractivity contribution in [3.05, 3.63) is 0 Å². The molecule has 10 heavy (non-hydrogen) atoms. The molecule has 0 aromatic carbocycles. The molecule has 1 nitrogen and oxygen atoms in total. The fourth-order valence-corrected chi connectivity index (χ4v) is 33.3. The topological polar surface area (TPSA) is 9.23 Å². The van der Waals surface area contributed by atoms with Gasteiger partial charge in [0.15, 0.2) is 0 Å². The molecular weight excluding hydrogens is 337 g/mol. The Balaban J connectivity index is 2.70. The summed E-state index contributed by atoms with van der Waals surface area (Å²) in [4.78, 5) is 10.2. The molecule has 0 spiro atoms. The molecule has 1 heterocycles. The first-order valence-electron chi connectivity index (χ1n) is 4.10. The number of rotatable bonds is 0. The summed E-state index contributed by atoms with van der Waals surface area (Å²) in [5.74, 6) is 0. The molecule has 0 radical (unpaired) electrons. The average molecular weight is 356 g/mol. The molecule has 0 aliphatic carbocycles. The van der Waals surface area contributed by atoms with Crippen molar-refractivity contribution in [3.8, 4) is 0 Å². The molecule has 60 valence electrons. The Bertz CT molecular complexity index is 116. The second kappa shape index (κ2) is 3.13. The molecule has 1 aliphatic heterocycles. The van der Waals surface area contributed by atoms with Crippen molar-refractivity contribution in [1.29, 1.82) is 0 Å². The summed E-state index contributed by atoms with van der Waals surface area (Å²) in [6.45, 7) is 1.09. The summed E-state index contributed by atoms with van der Waals surface area (Å²) in [6, 6.07) is 0. The quantitative estimate of drug-likeness (QED) is 0.606. The molecule has 1 rings (SSSR count). The first kappa shape index (κ1) is 9.64.